The highest BCUT2D eigenvalue weighted by molar-refractivity contribution is 14.0. The van der Waals surface area contributed by atoms with Crippen LogP contribution in [-0.4, -0.2) is 75.9 Å². The van der Waals surface area contributed by atoms with Gasteiger partial charge in [0.2, 0.25) is 5.91 Å². The molecule has 25 heavy (non-hydrogen) atoms. The number of hydrogen-bond donors (Lipinski definition) is 2. The SMILES string of the molecule is CN=C(NCCCOCC1CCCO1)NCC(=O)N1CCCCC1.I. The lowest BCUT2D eigenvalue weighted by atomic mass is 10.1. The maximum Gasteiger partial charge on any atom is 0.241 e. The van der Waals surface area contributed by atoms with E-state index in [2.05, 4.69) is 15.6 Å². The fourth-order valence-corrected chi connectivity index (χ4v) is 3.01. The van der Waals surface area contributed by atoms with Crippen LogP contribution in [0, 0.1) is 0 Å². The molecule has 0 radical (unpaired) electrons. The number of amides is 1. The number of piperidine rings is 1. The van der Waals surface area contributed by atoms with Crippen molar-refractivity contribution in [1.82, 2.24) is 15.5 Å². The van der Waals surface area contributed by atoms with Crippen LogP contribution >= 0.6 is 24.0 Å². The molecule has 2 heterocycles. The minimum atomic E-state index is 0. The monoisotopic (exact) mass is 468 g/mol. The molecule has 0 aliphatic carbocycles. The van der Waals surface area contributed by atoms with Gasteiger partial charge in [-0.1, -0.05) is 0 Å². The molecule has 0 spiro atoms. The fraction of sp³-hybridized carbons (Fsp3) is 0.882. The molecule has 2 aliphatic heterocycles. The molecule has 0 aromatic rings. The van der Waals surface area contributed by atoms with Crippen molar-refractivity contribution in [2.75, 3.05) is 53.0 Å². The van der Waals surface area contributed by atoms with Gasteiger partial charge in [-0.3, -0.25) is 9.79 Å². The summed E-state index contributed by atoms with van der Waals surface area (Å²) in [6.07, 6.45) is 6.90. The van der Waals surface area contributed by atoms with Crippen LogP contribution in [0.1, 0.15) is 38.5 Å². The maximum absolute atomic E-state index is 12.1. The molecule has 2 saturated heterocycles. The topological polar surface area (TPSA) is 75.2 Å². The predicted octanol–water partition coefficient (Wildman–Crippen LogP) is 1.37. The fourth-order valence-electron chi connectivity index (χ4n) is 3.01. The van der Waals surface area contributed by atoms with E-state index in [0.29, 0.717) is 25.7 Å². The smallest absolute Gasteiger partial charge is 0.241 e. The van der Waals surface area contributed by atoms with Crippen molar-refractivity contribution in [3.05, 3.63) is 0 Å². The third kappa shape index (κ3) is 9.05. The predicted molar refractivity (Wildman–Crippen MR) is 110 cm³/mol. The van der Waals surface area contributed by atoms with E-state index in [9.17, 15) is 4.79 Å². The van der Waals surface area contributed by atoms with Gasteiger partial charge in [-0.25, -0.2) is 0 Å². The number of likely N-dealkylation sites (tertiary alicyclic amines) is 1. The molecule has 1 unspecified atom stereocenters. The number of aliphatic imine (C=N–C) groups is 1. The van der Waals surface area contributed by atoms with Crippen molar-refractivity contribution in [3.63, 3.8) is 0 Å². The van der Waals surface area contributed by atoms with Gasteiger partial charge in [0.25, 0.3) is 0 Å². The van der Waals surface area contributed by atoms with Crippen molar-refractivity contribution >= 4 is 35.8 Å². The highest BCUT2D eigenvalue weighted by atomic mass is 127. The van der Waals surface area contributed by atoms with Crippen LogP contribution in [0.2, 0.25) is 0 Å². The van der Waals surface area contributed by atoms with E-state index in [-0.39, 0.29) is 36.0 Å². The number of halogens is 1. The van der Waals surface area contributed by atoms with Gasteiger partial charge in [-0.05, 0) is 38.5 Å². The summed E-state index contributed by atoms with van der Waals surface area (Å²) < 4.78 is 11.1. The summed E-state index contributed by atoms with van der Waals surface area (Å²) in [7, 11) is 1.72. The molecule has 8 heteroatoms. The van der Waals surface area contributed by atoms with Gasteiger partial charge in [0.15, 0.2) is 5.96 Å². The summed E-state index contributed by atoms with van der Waals surface area (Å²) >= 11 is 0. The Morgan fingerprint density at radius 2 is 2.04 bits per heavy atom. The maximum atomic E-state index is 12.1. The first kappa shape index (κ1) is 22.4. The van der Waals surface area contributed by atoms with E-state index < -0.39 is 0 Å². The quantitative estimate of drug-likeness (QED) is 0.244. The molecule has 2 rings (SSSR count). The third-order valence-electron chi connectivity index (χ3n) is 4.43. The first-order valence-corrected chi connectivity index (χ1v) is 9.21. The normalized spacial score (nSPS) is 20.9. The number of hydrogen-bond acceptors (Lipinski definition) is 4. The Hall–Kier alpha value is -0.610. The molecule has 0 aromatic heterocycles. The number of guanidine groups is 1. The van der Waals surface area contributed by atoms with Crippen molar-refractivity contribution in [3.8, 4) is 0 Å². The van der Waals surface area contributed by atoms with Gasteiger partial charge >= 0.3 is 0 Å². The Morgan fingerprint density at radius 1 is 1.24 bits per heavy atom. The number of nitrogens with zero attached hydrogens (tertiary/aromatic N) is 2. The minimum absolute atomic E-state index is 0. The largest absolute Gasteiger partial charge is 0.379 e. The lowest BCUT2D eigenvalue weighted by Crippen LogP contribution is -2.46. The standard InChI is InChI=1S/C17H32N4O3.HI/c1-18-17(20-13-16(22)21-9-3-2-4-10-21)19-8-6-11-23-14-15-7-5-12-24-15;/h15H,2-14H2,1H3,(H2,18,19,20);1H. The van der Waals surface area contributed by atoms with E-state index in [1.54, 1.807) is 7.05 Å². The molecule has 0 aromatic carbocycles. The second-order valence-electron chi connectivity index (χ2n) is 6.36. The van der Waals surface area contributed by atoms with Crippen LogP contribution in [0.3, 0.4) is 0 Å². The molecule has 2 N–H and O–H groups in total. The molecular formula is C17H33IN4O3. The highest BCUT2D eigenvalue weighted by Gasteiger charge is 2.16. The summed E-state index contributed by atoms with van der Waals surface area (Å²) in [6.45, 7) is 5.10. The molecule has 0 saturated carbocycles. The summed E-state index contributed by atoms with van der Waals surface area (Å²) in [5.41, 5.74) is 0. The van der Waals surface area contributed by atoms with Crippen LogP contribution in [-0.2, 0) is 14.3 Å². The Morgan fingerprint density at radius 3 is 2.72 bits per heavy atom. The number of carbonyl (C=O) groups excluding carboxylic acids is 1. The van der Waals surface area contributed by atoms with Gasteiger partial charge in [0, 0.05) is 39.9 Å². The number of rotatable bonds is 8. The Labute approximate surface area is 168 Å². The molecule has 146 valence electrons. The zero-order valence-corrected chi connectivity index (χ0v) is 17.6. The molecule has 2 fully saturated rings. The van der Waals surface area contributed by atoms with E-state index in [1.807, 2.05) is 4.90 Å². The Kier molecular flexibility index (Phi) is 12.2. The number of carbonyl (C=O) groups is 1. The molecular weight excluding hydrogens is 435 g/mol. The van der Waals surface area contributed by atoms with Gasteiger partial charge in [0.05, 0.1) is 19.3 Å². The Bertz CT molecular complexity index is 397. The lowest BCUT2D eigenvalue weighted by molar-refractivity contribution is -0.130. The third-order valence-corrected chi connectivity index (χ3v) is 4.43. The highest BCUT2D eigenvalue weighted by Crippen LogP contribution is 2.11. The number of nitrogens with one attached hydrogen (secondary N) is 2. The average molecular weight is 468 g/mol. The summed E-state index contributed by atoms with van der Waals surface area (Å²) in [5, 5.41) is 6.30. The molecule has 2 aliphatic rings. The van der Waals surface area contributed by atoms with Crippen molar-refractivity contribution in [2.24, 2.45) is 4.99 Å². The molecule has 1 amide bonds. The van der Waals surface area contributed by atoms with E-state index >= 15 is 0 Å². The molecule has 0 bridgehead atoms. The summed E-state index contributed by atoms with van der Waals surface area (Å²) in [5.74, 6) is 0.817. The van der Waals surface area contributed by atoms with Crippen molar-refractivity contribution in [1.29, 1.82) is 0 Å². The first-order chi connectivity index (χ1) is 11.8. The van der Waals surface area contributed by atoms with E-state index in [0.717, 1.165) is 58.3 Å². The van der Waals surface area contributed by atoms with Crippen LogP contribution < -0.4 is 10.6 Å². The zero-order valence-electron chi connectivity index (χ0n) is 15.3. The van der Waals surface area contributed by atoms with E-state index in [4.69, 9.17) is 9.47 Å². The summed E-state index contributed by atoms with van der Waals surface area (Å²) in [4.78, 5) is 18.2. The van der Waals surface area contributed by atoms with E-state index in [1.165, 1.54) is 6.42 Å². The zero-order chi connectivity index (χ0) is 17.0. The van der Waals surface area contributed by atoms with Gasteiger partial charge in [-0.15, -0.1) is 24.0 Å². The molecule has 1 atom stereocenters. The summed E-state index contributed by atoms with van der Waals surface area (Å²) in [6, 6.07) is 0. The lowest BCUT2D eigenvalue weighted by Gasteiger charge is -2.27. The molecule has 7 nitrogen and oxygen atoms in total. The van der Waals surface area contributed by atoms with Gasteiger partial charge in [-0.2, -0.15) is 0 Å². The number of ether oxygens (including phenoxy) is 2. The minimum Gasteiger partial charge on any atom is -0.379 e. The van der Waals surface area contributed by atoms with Crippen LogP contribution in [0.25, 0.3) is 0 Å². The van der Waals surface area contributed by atoms with Gasteiger partial charge < -0.3 is 25.0 Å². The first-order valence-electron chi connectivity index (χ1n) is 9.21. The van der Waals surface area contributed by atoms with Crippen molar-refractivity contribution in [2.45, 2.75) is 44.6 Å². The second-order valence-corrected chi connectivity index (χ2v) is 6.36. The second kappa shape index (κ2) is 13.6. The Balaban J connectivity index is 0.00000312. The van der Waals surface area contributed by atoms with Gasteiger partial charge in [0.1, 0.15) is 0 Å². The van der Waals surface area contributed by atoms with Crippen LogP contribution in [0.15, 0.2) is 4.99 Å². The van der Waals surface area contributed by atoms with Crippen molar-refractivity contribution < 1.29 is 14.3 Å². The average Bonchev–Trinajstić information content (AvgIpc) is 3.14. The van der Waals surface area contributed by atoms with Crippen LogP contribution in [0.4, 0.5) is 0 Å². The van der Waals surface area contributed by atoms with Crippen LogP contribution in [0.5, 0.6) is 0 Å².